The van der Waals surface area contributed by atoms with Gasteiger partial charge in [0.05, 0.1) is 6.04 Å². The van der Waals surface area contributed by atoms with Crippen molar-refractivity contribution in [1.29, 1.82) is 0 Å². The fourth-order valence-corrected chi connectivity index (χ4v) is 14.4. The zero-order chi connectivity index (χ0) is 52.2. The number of benzene rings is 4. The van der Waals surface area contributed by atoms with Gasteiger partial charge in [-0.3, -0.25) is 4.90 Å². The third-order valence-corrected chi connectivity index (χ3v) is 19.9. The molecule has 4 heteroatoms. The number of anilines is 5. The molecule has 6 aliphatic rings. The molecule has 0 radical (unpaired) electrons. The third-order valence-electron chi connectivity index (χ3n) is 19.9. The summed E-state index contributed by atoms with van der Waals surface area (Å²) >= 11 is 0. The van der Waals surface area contributed by atoms with Crippen LogP contribution in [-0.2, 0) is 37.9 Å². The molecule has 3 nitrogen and oxygen atoms in total. The Morgan fingerprint density at radius 3 is 1.54 bits per heavy atom. The highest BCUT2D eigenvalue weighted by atomic mass is 16.4. The lowest BCUT2D eigenvalue weighted by Crippen LogP contribution is -2.63. The molecule has 1 aromatic heterocycles. The number of furan rings is 1. The van der Waals surface area contributed by atoms with Gasteiger partial charge in [0, 0.05) is 33.6 Å². The standard InChI is InChI=1S/C68H89BN2O/c1-60(2,3)40-30-41(61(4,5)6)32-44(31-40)70-53-38-50-49(66(16,17)27-28-67(50,18)19)37-52(53)69-57-45-36-48-51(68(20,21)29-26-65(48,14)15)39-56(45)72-59(57)71(55-34-42(62(7,8)9)33-54(70)58(55)69)43-22-23-46-47(35-43)64(12,13)25-24-63(46,10)11/h22-23,30-31,33-39,44H,24-29,32H2,1-21H3. The third kappa shape index (κ3) is 7.45. The molecule has 0 N–H and O–H groups in total. The molecule has 0 saturated heterocycles. The maximum Gasteiger partial charge on any atom is 0.257 e. The van der Waals surface area contributed by atoms with Crippen molar-refractivity contribution in [2.24, 2.45) is 10.8 Å². The van der Waals surface area contributed by atoms with Crippen LogP contribution in [0.4, 0.5) is 28.6 Å². The minimum absolute atomic E-state index is 0.0114. The van der Waals surface area contributed by atoms with Crippen LogP contribution in [-0.4, -0.2) is 12.8 Å². The predicted molar refractivity (Wildman–Crippen MR) is 312 cm³/mol. The molecule has 0 saturated carbocycles. The van der Waals surface area contributed by atoms with E-state index in [4.69, 9.17) is 4.42 Å². The van der Waals surface area contributed by atoms with Crippen molar-refractivity contribution in [3.63, 3.8) is 0 Å². The zero-order valence-corrected chi connectivity index (χ0v) is 48.8. The van der Waals surface area contributed by atoms with Crippen LogP contribution in [0.5, 0.6) is 0 Å². The number of fused-ring (bicyclic) bond motifs is 9. The van der Waals surface area contributed by atoms with E-state index in [2.05, 4.69) is 222 Å². The summed E-state index contributed by atoms with van der Waals surface area (Å²) in [5, 5.41) is 1.28. The van der Waals surface area contributed by atoms with Crippen molar-refractivity contribution in [3.05, 3.63) is 117 Å². The quantitative estimate of drug-likeness (QED) is 0.161. The summed E-state index contributed by atoms with van der Waals surface area (Å²) in [5.74, 6) is 0.993. The van der Waals surface area contributed by atoms with E-state index < -0.39 is 0 Å². The van der Waals surface area contributed by atoms with Crippen LogP contribution in [0.1, 0.15) is 229 Å². The highest BCUT2D eigenvalue weighted by Gasteiger charge is 2.51. The Labute approximate surface area is 436 Å². The average Bonchev–Trinajstić information content (AvgIpc) is 3.64. The smallest absolute Gasteiger partial charge is 0.257 e. The number of nitrogens with zero attached hydrogens (tertiary/aromatic N) is 2. The van der Waals surface area contributed by atoms with Gasteiger partial charge in [-0.25, -0.2) is 0 Å². The Morgan fingerprint density at radius 2 is 1.00 bits per heavy atom. The molecule has 0 spiro atoms. The molecule has 72 heavy (non-hydrogen) atoms. The summed E-state index contributed by atoms with van der Waals surface area (Å²) in [6.45, 7) is 51.5. The second-order valence-electron chi connectivity index (χ2n) is 31.1. The fourth-order valence-electron chi connectivity index (χ4n) is 14.4. The van der Waals surface area contributed by atoms with Gasteiger partial charge >= 0.3 is 0 Å². The van der Waals surface area contributed by atoms with Gasteiger partial charge in [-0.2, -0.15) is 0 Å². The minimum Gasteiger partial charge on any atom is -0.440 e. The minimum atomic E-state index is -0.123. The molecule has 2 aliphatic heterocycles. The summed E-state index contributed by atoms with van der Waals surface area (Å²) in [5.41, 5.74) is 23.9. The molecule has 380 valence electrons. The summed E-state index contributed by atoms with van der Waals surface area (Å²) in [4.78, 5) is 5.49. The Balaban J connectivity index is 1.31. The number of allylic oxidation sites excluding steroid dienone is 2. The number of hydrogen-bond acceptors (Lipinski definition) is 3. The molecule has 5 aromatic rings. The van der Waals surface area contributed by atoms with E-state index in [1.54, 1.807) is 0 Å². The van der Waals surface area contributed by atoms with Crippen LogP contribution >= 0.6 is 0 Å². The van der Waals surface area contributed by atoms with Crippen molar-refractivity contribution >= 4 is 62.7 Å². The summed E-state index contributed by atoms with van der Waals surface area (Å²) < 4.78 is 7.74. The second kappa shape index (κ2) is 15.1. The topological polar surface area (TPSA) is 19.6 Å². The highest BCUT2D eigenvalue weighted by Crippen LogP contribution is 2.55. The molecule has 0 amide bonds. The van der Waals surface area contributed by atoms with Gasteiger partial charge in [-0.1, -0.05) is 175 Å². The maximum absolute atomic E-state index is 7.74. The van der Waals surface area contributed by atoms with Crippen molar-refractivity contribution in [2.75, 3.05) is 9.80 Å². The van der Waals surface area contributed by atoms with Crippen molar-refractivity contribution in [2.45, 2.75) is 234 Å². The van der Waals surface area contributed by atoms with Gasteiger partial charge in [0.1, 0.15) is 5.58 Å². The first-order chi connectivity index (χ1) is 33.0. The first-order valence-corrected chi connectivity index (χ1v) is 28.2. The van der Waals surface area contributed by atoms with Gasteiger partial charge < -0.3 is 9.32 Å². The molecule has 11 rings (SSSR count). The van der Waals surface area contributed by atoms with E-state index in [9.17, 15) is 0 Å². The monoisotopic (exact) mass is 961 g/mol. The molecule has 0 bridgehead atoms. The first-order valence-electron chi connectivity index (χ1n) is 28.2. The first kappa shape index (κ1) is 49.8. The van der Waals surface area contributed by atoms with E-state index in [1.807, 2.05) is 0 Å². The van der Waals surface area contributed by atoms with Crippen molar-refractivity contribution in [3.8, 4) is 0 Å². The molecule has 4 aliphatic carbocycles. The largest absolute Gasteiger partial charge is 0.440 e. The van der Waals surface area contributed by atoms with E-state index in [0.29, 0.717) is 0 Å². The molecule has 4 aromatic carbocycles. The van der Waals surface area contributed by atoms with E-state index in [0.717, 1.165) is 17.9 Å². The maximum atomic E-state index is 7.74. The molecule has 1 unspecified atom stereocenters. The Bertz CT molecular complexity index is 3190. The SMILES string of the molecule is CC(C)(C)C1=CC(N2c3cc4c(cc3B3c5c(cc(C(C)(C)C)cc52)N(c2ccc5c(c2)C(C)(C)CCC5(C)C)c2oc5cc6c(cc5c23)C(C)(C)CCC6(C)C)C(C)(C)CCC4(C)C)CC(C(C)(C)C)=C1. The van der Waals surface area contributed by atoms with Gasteiger partial charge in [0.25, 0.3) is 6.71 Å². The fraction of sp³-hybridized carbons (Fsp3) is 0.559. The van der Waals surface area contributed by atoms with Crippen LogP contribution in [0.2, 0.25) is 0 Å². The molecular formula is C68H89BN2O. The predicted octanol–water partition coefficient (Wildman–Crippen LogP) is 17.2. The van der Waals surface area contributed by atoms with Crippen molar-refractivity contribution in [1.82, 2.24) is 0 Å². The summed E-state index contributed by atoms with van der Waals surface area (Å²) in [7, 11) is 0. The molecule has 1 atom stereocenters. The number of rotatable bonds is 2. The highest BCUT2D eigenvalue weighted by molar-refractivity contribution is 7.01. The Hall–Kier alpha value is -4.44. The van der Waals surface area contributed by atoms with Crippen LogP contribution in [0.15, 0.2) is 82.3 Å². The Morgan fingerprint density at radius 1 is 0.500 bits per heavy atom. The van der Waals surface area contributed by atoms with Gasteiger partial charge in [-0.05, 0) is 192 Å². The normalized spacial score (nSPS) is 23.0. The van der Waals surface area contributed by atoms with Crippen LogP contribution < -0.4 is 26.2 Å². The van der Waals surface area contributed by atoms with Crippen LogP contribution in [0.25, 0.3) is 11.0 Å². The molecular weight excluding hydrogens is 872 g/mol. The lowest BCUT2D eigenvalue weighted by molar-refractivity contribution is 0.332. The lowest BCUT2D eigenvalue weighted by Gasteiger charge is -2.49. The van der Waals surface area contributed by atoms with Gasteiger partial charge in [-0.15, -0.1) is 0 Å². The lowest BCUT2D eigenvalue weighted by atomic mass is 9.33. The van der Waals surface area contributed by atoms with Crippen LogP contribution in [0, 0.1) is 10.8 Å². The molecule has 3 heterocycles. The number of hydrogen-bond donors (Lipinski definition) is 0. The van der Waals surface area contributed by atoms with E-state index in [1.165, 1.54) is 133 Å². The zero-order valence-electron chi connectivity index (χ0n) is 48.8. The average molecular weight is 961 g/mol. The van der Waals surface area contributed by atoms with E-state index in [-0.39, 0.29) is 61.5 Å². The Kier molecular flexibility index (Phi) is 10.5. The van der Waals surface area contributed by atoms with Crippen LogP contribution in [0.3, 0.4) is 0 Å². The second-order valence-corrected chi connectivity index (χ2v) is 31.1. The van der Waals surface area contributed by atoms with Gasteiger partial charge in [0.2, 0.25) is 5.88 Å². The van der Waals surface area contributed by atoms with Gasteiger partial charge in [0.15, 0.2) is 0 Å². The van der Waals surface area contributed by atoms with E-state index >= 15 is 0 Å². The van der Waals surface area contributed by atoms with Crippen molar-refractivity contribution < 1.29 is 4.42 Å². The summed E-state index contributed by atoms with van der Waals surface area (Å²) in [6, 6.07) is 23.4. The summed E-state index contributed by atoms with van der Waals surface area (Å²) in [6.07, 6.45) is 13.3. The molecule has 0 fully saturated rings.